The molecule has 1 fully saturated rings. The summed E-state index contributed by atoms with van der Waals surface area (Å²) in [5, 5.41) is 18.9. The third-order valence-electron chi connectivity index (χ3n) is 3.01. The van der Waals surface area contributed by atoms with E-state index in [1.807, 2.05) is 6.07 Å². The van der Waals surface area contributed by atoms with Crippen molar-refractivity contribution < 1.29 is 14.6 Å². The third kappa shape index (κ3) is 4.21. The van der Waals surface area contributed by atoms with Crippen LogP contribution in [0, 0.1) is 11.3 Å². The van der Waals surface area contributed by atoms with E-state index in [1.165, 1.54) is 0 Å². The number of β-amino-alcohol motifs (C(OH)–C–C–N with tert-alkyl or cyclic N) is 1. The van der Waals surface area contributed by atoms with Crippen molar-refractivity contribution >= 4 is 0 Å². The van der Waals surface area contributed by atoms with Crippen molar-refractivity contribution in [2.45, 2.75) is 6.10 Å². The number of nitrogens with zero attached hydrogens (tertiary/aromatic N) is 2. The molecule has 0 aliphatic carbocycles. The largest absolute Gasteiger partial charge is 0.489 e. The first-order chi connectivity index (χ1) is 9.29. The van der Waals surface area contributed by atoms with Crippen LogP contribution in [0.1, 0.15) is 5.56 Å². The summed E-state index contributed by atoms with van der Waals surface area (Å²) in [5.41, 5.74) is 0.487. The monoisotopic (exact) mass is 262 g/mol. The summed E-state index contributed by atoms with van der Waals surface area (Å²) in [7, 11) is 0. The van der Waals surface area contributed by atoms with E-state index < -0.39 is 6.10 Å². The SMILES string of the molecule is N#Cc1ccccc1OCC(O)CN1CCOCC1. The minimum atomic E-state index is -0.565. The standard InChI is InChI=1S/C14H18N2O3/c15-9-12-3-1-2-4-14(12)19-11-13(17)10-16-5-7-18-8-6-16/h1-4,13,17H,5-8,10-11H2. The molecule has 1 atom stereocenters. The molecule has 1 aromatic carbocycles. The van der Waals surface area contributed by atoms with Crippen LogP contribution in [0.2, 0.25) is 0 Å². The van der Waals surface area contributed by atoms with Crippen molar-refractivity contribution in [2.24, 2.45) is 0 Å². The molecule has 0 aromatic heterocycles. The average molecular weight is 262 g/mol. The van der Waals surface area contributed by atoms with Crippen molar-refractivity contribution in [3.63, 3.8) is 0 Å². The Kier molecular flexibility index (Phi) is 5.16. The Morgan fingerprint density at radius 2 is 2.11 bits per heavy atom. The summed E-state index contributed by atoms with van der Waals surface area (Å²) >= 11 is 0. The second-order valence-electron chi connectivity index (χ2n) is 4.49. The Labute approximate surface area is 113 Å². The summed E-state index contributed by atoms with van der Waals surface area (Å²) in [4.78, 5) is 2.15. The topological polar surface area (TPSA) is 65.7 Å². The zero-order chi connectivity index (χ0) is 13.5. The number of nitriles is 1. The Bertz CT molecular complexity index is 439. The van der Waals surface area contributed by atoms with Gasteiger partial charge in [-0.25, -0.2) is 0 Å². The van der Waals surface area contributed by atoms with E-state index >= 15 is 0 Å². The van der Waals surface area contributed by atoms with Crippen LogP contribution >= 0.6 is 0 Å². The van der Waals surface area contributed by atoms with Gasteiger partial charge in [0, 0.05) is 19.6 Å². The van der Waals surface area contributed by atoms with Gasteiger partial charge in [-0.1, -0.05) is 12.1 Å². The van der Waals surface area contributed by atoms with Gasteiger partial charge in [0.25, 0.3) is 0 Å². The lowest BCUT2D eigenvalue weighted by atomic mass is 10.2. The summed E-state index contributed by atoms with van der Waals surface area (Å²) in [6.07, 6.45) is -0.565. The number of ether oxygens (including phenoxy) is 2. The van der Waals surface area contributed by atoms with Crippen molar-refractivity contribution in [2.75, 3.05) is 39.5 Å². The van der Waals surface area contributed by atoms with Crippen LogP contribution < -0.4 is 4.74 Å². The van der Waals surface area contributed by atoms with Gasteiger partial charge < -0.3 is 14.6 Å². The van der Waals surface area contributed by atoms with Crippen LogP contribution in [-0.2, 0) is 4.74 Å². The molecule has 1 N–H and O–H groups in total. The van der Waals surface area contributed by atoms with Crippen molar-refractivity contribution in [3.05, 3.63) is 29.8 Å². The van der Waals surface area contributed by atoms with Crippen LogP contribution in [0.15, 0.2) is 24.3 Å². The Morgan fingerprint density at radius 3 is 2.84 bits per heavy atom. The highest BCUT2D eigenvalue weighted by molar-refractivity contribution is 5.42. The molecular weight excluding hydrogens is 244 g/mol. The van der Waals surface area contributed by atoms with E-state index in [2.05, 4.69) is 11.0 Å². The van der Waals surface area contributed by atoms with Crippen LogP contribution in [0.25, 0.3) is 0 Å². The van der Waals surface area contributed by atoms with E-state index in [1.54, 1.807) is 18.2 Å². The summed E-state index contributed by atoms with van der Waals surface area (Å²) < 4.78 is 10.8. The third-order valence-corrected chi connectivity index (χ3v) is 3.01. The van der Waals surface area contributed by atoms with Gasteiger partial charge in [-0.15, -0.1) is 0 Å². The molecule has 102 valence electrons. The Balaban J connectivity index is 1.79. The average Bonchev–Trinajstić information content (AvgIpc) is 2.46. The van der Waals surface area contributed by atoms with E-state index in [9.17, 15) is 5.11 Å². The molecule has 5 nitrogen and oxygen atoms in total. The molecule has 1 aliphatic rings. The lowest BCUT2D eigenvalue weighted by Gasteiger charge is -2.28. The van der Waals surface area contributed by atoms with Gasteiger partial charge in [-0.05, 0) is 12.1 Å². The molecule has 1 saturated heterocycles. The number of benzene rings is 1. The lowest BCUT2D eigenvalue weighted by Crippen LogP contribution is -2.42. The molecule has 1 unspecified atom stereocenters. The molecule has 1 aromatic rings. The molecule has 0 saturated carbocycles. The molecular formula is C14H18N2O3. The molecule has 0 radical (unpaired) electrons. The summed E-state index contributed by atoms with van der Waals surface area (Å²) in [5.74, 6) is 0.519. The number of aliphatic hydroxyl groups excluding tert-OH is 1. The molecule has 0 amide bonds. The zero-order valence-corrected chi connectivity index (χ0v) is 10.8. The highest BCUT2D eigenvalue weighted by Crippen LogP contribution is 2.16. The summed E-state index contributed by atoms with van der Waals surface area (Å²) in [6.45, 7) is 3.86. The van der Waals surface area contributed by atoms with Gasteiger partial charge in [0.05, 0.1) is 18.8 Å². The predicted molar refractivity (Wildman–Crippen MR) is 69.9 cm³/mol. The molecule has 2 rings (SSSR count). The minimum Gasteiger partial charge on any atom is -0.489 e. The Morgan fingerprint density at radius 1 is 1.37 bits per heavy atom. The predicted octanol–water partition coefficient (Wildman–Crippen LogP) is 0.630. The second-order valence-corrected chi connectivity index (χ2v) is 4.49. The molecule has 19 heavy (non-hydrogen) atoms. The number of rotatable bonds is 5. The van der Waals surface area contributed by atoms with E-state index in [0.717, 1.165) is 13.1 Å². The second kappa shape index (κ2) is 7.10. The van der Waals surface area contributed by atoms with Crippen molar-refractivity contribution in [1.29, 1.82) is 5.26 Å². The first kappa shape index (κ1) is 13.8. The maximum Gasteiger partial charge on any atom is 0.137 e. The molecule has 0 spiro atoms. The molecule has 1 heterocycles. The fourth-order valence-corrected chi connectivity index (χ4v) is 2.01. The fraction of sp³-hybridized carbons (Fsp3) is 0.500. The number of hydrogen-bond donors (Lipinski definition) is 1. The van der Waals surface area contributed by atoms with Crippen LogP contribution in [-0.4, -0.2) is 55.6 Å². The molecule has 0 bridgehead atoms. The normalized spacial score (nSPS) is 17.7. The van der Waals surface area contributed by atoms with Gasteiger partial charge in [0.1, 0.15) is 24.5 Å². The molecule has 5 heteroatoms. The van der Waals surface area contributed by atoms with Crippen molar-refractivity contribution in [3.8, 4) is 11.8 Å². The highest BCUT2D eigenvalue weighted by Gasteiger charge is 2.15. The molecule has 1 aliphatic heterocycles. The number of para-hydroxylation sites is 1. The summed E-state index contributed by atoms with van der Waals surface area (Å²) in [6, 6.07) is 9.10. The minimum absolute atomic E-state index is 0.191. The quantitative estimate of drug-likeness (QED) is 0.843. The lowest BCUT2D eigenvalue weighted by molar-refractivity contribution is 0.00463. The maximum atomic E-state index is 9.94. The Hall–Kier alpha value is -1.61. The zero-order valence-electron chi connectivity index (χ0n) is 10.8. The number of hydrogen-bond acceptors (Lipinski definition) is 5. The van der Waals surface area contributed by atoms with Gasteiger partial charge in [0.2, 0.25) is 0 Å². The maximum absolute atomic E-state index is 9.94. The fourth-order valence-electron chi connectivity index (χ4n) is 2.01. The first-order valence-electron chi connectivity index (χ1n) is 6.39. The van der Waals surface area contributed by atoms with Gasteiger partial charge >= 0.3 is 0 Å². The van der Waals surface area contributed by atoms with Crippen LogP contribution in [0.5, 0.6) is 5.75 Å². The van der Waals surface area contributed by atoms with Gasteiger partial charge in [-0.3, -0.25) is 4.90 Å². The van der Waals surface area contributed by atoms with Crippen LogP contribution in [0.4, 0.5) is 0 Å². The number of aliphatic hydroxyl groups is 1. The van der Waals surface area contributed by atoms with E-state index in [4.69, 9.17) is 14.7 Å². The highest BCUT2D eigenvalue weighted by atomic mass is 16.5. The van der Waals surface area contributed by atoms with Gasteiger partial charge in [0.15, 0.2) is 0 Å². The van der Waals surface area contributed by atoms with Crippen molar-refractivity contribution in [1.82, 2.24) is 4.90 Å². The number of morpholine rings is 1. The van der Waals surface area contributed by atoms with E-state index in [0.29, 0.717) is 31.1 Å². The first-order valence-corrected chi connectivity index (χ1v) is 6.39. The van der Waals surface area contributed by atoms with Gasteiger partial charge in [-0.2, -0.15) is 5.26 Å². The van der Waals surface area contributed by atoms with E-state index in [-0.39, 0.29) is 6.61 Å². The van der Waals surface area contributed by atoms with Crippen LogP contribution in [0.3, 0.4) is 0 Å². The smallest absolute Gasteiger partial charge is 0.137 e.